The highest BCUT2D eigenvalue weighted by molar-refractivity contribution is 8.00. The lowest BCUT2D eigenvalue weighted by Crippen LogP contribution is -2.40. The average Bonchev–Trinajstić information content (AvgIpc) is 2.35. The van der Waals surface area contributed by atoms with Gasteiger partial charge in [-0.2, -0.15) is 0 Å². The second-order valence-electron chi connectivity index (χ2n) is 3.88. The van der Waals surface area contributed by atoms with Crippen molar-refractivity contribution in [1.29, 1.82) is 0 Å². The first-order chi connectivity index (χ1) is 8.66. The Hall–Kier alpha value is -1.20. The first-order valence-electron chi connectivity index (χ1n) is 5.60. The van der Waals surface area contributed by atoms with Crippen molar-refractivity contribution in [2.45, 2.75) is 11.7 Å². The van der Waals surface area contributed by atoms with Crippen LogP contribution in [0.5, 0.6) is 0 Å². The zero-order chi connectivity index (χ0) is 13.0. The molecule has 2 amide bonds. The third kappa shape index (κ3) is 3.40. The molecule has 1 aliphatic heterocycles. The number of rotatable bonds is 3. The molecule has 0 bridgehead atoms. The third-order valence-corrected chi connectivity index (χ3v) is 4.08. The van der Waals surface area contributed by atoms with Crippen LogP contribution < -0.4 is 10.6 Å². The summed E-state index contributed by atoms with van der Waals surface area (Å²) in [5.41, 5.74) is 0.574. The number of hydrogen-bond acceptors (Lipinski definition) is 3. The molecule has 0 radical (unpaired) electrons. The number of carbonyl (C=O) groups excluding carboxylic acids is 2. The Morgan fingerprint density at radius 2 is 2.28 bits per heavy atom. The number of benzene rings is 1. The summed E-state index contributed by atoms with van der Waals surface area (Å²) in [7, 11) is 0. The van der Waals surface area contributed by atoms with Crippen molar-refractivity contribution in [2.24, 2.45) is 0 Å². The topological polar surface area (TPSA) is 58.2 Å². The van der Waals surface area contributed by atoms with Crippen molar-refractivity contribution >= 4 is 40.9 Å². The Morgan fingerprint density at radius 3 is 3.00 bits per heavy atom. The summed E-state index contributed by atoms with van der Waals surface area (Å²) in [5, 5.41) is 5.65. The van der Waals surface area contributed by atoms with Gasteiger partial charge in [0, 0.05) is 18.7 Å². The largest absolute Gasteiger partial charge is 0.354 e. The monoisotopic (exact) mass is 284 g/mol. The van der Waals surface area contributed by atoms with Gasteiger partial charge in [0.2, 0.25) is 11.8 Å². The molecule has 0 unspecified atom stereocenters. The highest BCUT2D eigenvalue weighted by Gasteiger charge is 2.25. The molecule has 96 valence electrons. The summed E-state index contributed by atoms with van der Waals surface area (Å²) in [6, 6.07) is 7.03. The van der Waals surface area contributed by atoms with Crippen LogP contribution >= 0.6 is 23.4 Å². The third-order valence-electron chi connectivity index (χ3n) is 2.53. The van der Waals surface area contributed by atoms with Gasteiger partial charge in [0.15, 0.2) is 0 Å². The van der Waals surface area contributed by atoms with Gasteiger partial charge in [0.1, 0.15) is 0 Å². The van der Waals surface area contributed by atoms with Gasteiger partial charge in [-0.25, -0.2) is 0 Å². The minimum Gasteiger partial charge on any atom is -0.354 e. The predicted octanol–water partition coefficient (Wildman–Crippen LogP) is 1.90. The Morgan fingerprint density at radius 1 is 1.50 bits per heavy atom. The number of hydrogen-bond donors (Lipinski definition) is 2. The first-order valence-corrected chi connectivity index (χ1v) is 7.03. The summed E-state index contributed by atoms with van der Waals surface area (Å²) in [4.78, 5) is 23.3. The van der Waals surface area contributed by atoms with E-state index in [9.17, 15) is 9.59 Å². The van der Waals surface area contributed by atoms with Crippen molar-refractivity contribution in [3.05, 3.63) is 29.3 Å². The molecule has 1 aromatic rings. The number of amides is 2. The van der Waals surface area contributed by atoms with Gasteiger partial charge in [0.05, 0.1) is 16.0 Å². The molecule has 0 aromatic heterocycles. The Bertz CT molecular complexity index is 467. The van der Waals surface area contributed by atoms with Crippen molar-refractivity contribution in [1.82, 2.24) is 5.32 Å². The van der Waals surface area contributed by atoms with Gasteiger partial charge >= 0.3 is 0 Å². The fraction of sp³-hybridized carbons (Fsp3) is 0.333. The van der Waals surface area contributed by atoms with E-state index >= 15 is 0 Å². The second-order valence-corrected chi connectivity index (χ2v) is 5.60. The molecular weight excluding hydrogens is 272 g/mol. The Labute approximate surface area is 114 Å². The molecule has 1 aliphatic rings. The lowest BCUT2D eigenvalue weighted by atomic mass is 10.2. The van der Waals surface area contributed by atoms with E-state index in [2.05, 4.69) is 10.6 Å². The molecule has 0 spiro atoms. The van der Waals surface area contributed by atoms with Crippen molar-refractivity contribution in [3.63, 3.8) is 0 Å². The minimum atomic E-state index is -0.304. The quantitative estimate of drug-likeness (QED) is 0.891. The van der Waals surface area contributed by atoms with Crippen molar-refractivity contribution in [3.8, 4) is 0 Å². The Kier molecular flexibility index (Phi) is 4.49. The highest BCUT2D eigenvalue weighted by atomic mass is 35.5. The lowest BCUT2D eigenvalue weighted by Gasteiger charge is -2.20. The number of thioether (sulfide) groups is 1. The highest BCUT2D eigenvalue weighted by Crippen LogP contribution is 2.22. The maximum atomic E-state index is 11.8. The molecule has 1 saturated heterocycles. The van der Waals surface area contributed by atoms with E-state index in [1.165, 1.54) is 11.8 Å². The fourth-order valence-electron chi connectivity index (χ4n) is 1.65. The smallest absolute Gasteiger partial charge is 0.233 e. The molecule has 1 atom stereocenters. The van der Waals surface area contributed by atoms with E-state index in [4.69, 9.17) is 11.6 Å². The van der Waals surface area contributed by atoms with Crippen LogP contribution in [0, 0.1) is 0 Å². The second kappa shape index (κ2) is 6.11. The van der Waals surface area contributed by atoms with Gasteiger partial charge in [-0.15, -0.1) is 11.8 Å². The molecule has 0 saturated carbocycles. The molecule has 6 heteroatoms. The average molecular weight is 285 g/mol. The van der Waals surface area contributed by atoms with E-state index in [0.717, 1.165) is 5.75 Å². The van der Waals surface area contributed by atoms with Gasteiger partial charge in [-0.1, -0.05) is 23.7 Å². The number of halogens is 1. The van der Waals surface area contributed by atoms with E-state index < -0.39 is 0 Å². The maximum absolute atomic E-state index is 11.8. The molecule has 2 rings (SSSR count). The summed E-state index contributed by atoms with van der Waals surface area (Å²) in [5.74, 6) is 0.577. The molecule has 1 fully saturated rings. The van der Waals surface area contributed by atoms with E-state index in [-0.39, 0.29) is 23.5 Å². The maximum Gasteiger partial charge on any atom is 0.233 e. The zero-order valence-electron chi connectivity index (χ0n) is 9.61. The molecule has 0 aliphatic carbocycles. The van der Waals surface area contributed by atoms with Gasteiger partial charge in [-0.05, 0) is 12.1 Å². The van der Waals surface area contributed by atoms with Crippen molar-refractivity contribution in [2.75, 3.05) is 17.6 Å². The van der Waals surface area contributed by atoms with E-state index in [0.29, 0.717) is 17.3 Å². The summed E-state index contributed by atoms with van der Waals surface area (Å²) >= 11 is 7.45. The summed E-state index contributed by atoms with van der Waals surface area (Å²) in [6.07, 6.45) is 0.168. The first kappa shape index (κ1) is 13.2. The van der Waals surface area contributed by atoms with Crippen LogP contribution in [0.4, 0.5) is 5.69 Å². The summed E-state index contributed by atoms with van der Waals surface area (Å²) < 4.78 is 0. The normalized spacial score (nSPS) is 19.2. The zero-order valence-corrected chi connectivity index (χ0v) is 11.2. The van der Waals surface area contributed by atoms with Crippen LogP contribution in [-0.2, 0) is 9.59 Å². The molecule has 1 aromatic carbocycles. The van der Waals surface area contributed by atoms with Crippen LogP contribution in [0.15, 0.2) is 24.3 Å². The Balaban J connectivity index is 1.92. The van der Waals surface area contributed by atoms with Gasteiger partial charge in [-0.3, -0.25) is 9.59 Å². The standard InChI is InChI=1S/C12H13ClN2O2S/c13-8-3-1-2-4-9(8)15-11(16)7-10-12(17)14-5-6-18-10/h1-4,10H,5-7H2,(H,14,17)(H,15,16)/t10-/m1/s1. The number of anilines is 1. The van der Waals surface area contributed by atoms with Crippen LogP contribution in [-0.4, -0.2) is 29.4 Å². The number of para-hydroxylation sites is 1. The number of nitrogens with one attached hydrogen (secondary N) is 2. The summed E-state index contributed by atoms with van der Waals surface area (Å²) in [6.45, 7) is 0.673. The predicted molar refractivity (Wildman–Crippen MR) is 74.0 cm³/mol. The number of carbonyl (C=O) groups is 2. The van der Waals surface area contributed by atoms with Crippen LogP contribution in [0.3, 0.4) is 0 Å². The van der Waals surface area contributed by atoms with Crippen LogP contribution in [0.2, 0.25) is 5.02 Å². The van der Waals surface area contributed by atoms with Crippen molar-refractivity contribution < 1.29 is 9.59 Å². The van der Waals surface area contributed by atoms with Crippen LogP contribution in [0.25, 0.3) is 0 Å². The minimum absolute atomic E-state index is 0.0689. The molecule has 4 nitrogen and oxygen atoms in total. The van der Waals surface area contributed by atoms with Gasteiger partial charge in [0.25, 0.3) is 0 Å². The lowest BCUT2D eigenvalue weighted by molar-refractivity contribution is -0.123. The van der Waals surface area contributed by atoms with E-state index in [1.807, 2.05) is 0 Å². The SMILES string of the molecule is O=C(C[C@H]1SCCNC1=O)Nc1ccccc1Cl. The molecule has 1 heterocycles. The molecule has 2 N–H and O–H groups in total. The molecule has 18 heavy (non-hydrogen) atoms. The van der Waals surface area contributed by atoms with Gasteiger partial charge < -0.3 is 10.6 Å². The fourth-order valence-corrected chi connectivity index (χ4v) is 2.84. The molecular formula is C12H13ClN2O2S. The van der Waals surface area contributed by atoms with E-state index in [1.54, 1.807) is 24.3 Å². The van der Waals surface area contributed by atoms with Crippen LogP contribution in [0.1, 0.15) is 6.42 Å².